The van der Waals surface area contributed by atoms with Crippen molar-refractivity contribution in [1.82, 2.24) is 4.98 Å². The molecule has 9 heteroatoms. The topological polar surface area (TPSA) is 98.1 Å². The summed E-state index contributed by atoms with van der Waals surface area (Å²) in [5.41, 5.74) is 1.07. The highest BCUT2D eigenvalue weighted by molar-refractivity contribution is 7.16. The van der Waals surface area contributed by atoms with Gasteiger partial charge >= 0.3 is 11.9 Å². The van der Waals surface area contributed by atoms with Gasteiger partial charge in [-0.25, -0.2) is 14.6 Å². The van der Waals surface area contributed by atoms with Crippen LogP contribution < -0.4 is 0 Å². The number of ether oxygens (including phenoxy) is 1. The zero-order chi connectivity index (χ0) is 22.4. The number of carboxylic acid groups (broad SMARTS) is 1. The number of oxime groups is 1. The molecule has 160 valence electrons. The lowest BCUT2D eigenvalue weighted by Crippen LogP contribution is -2.26. The molecule has 2 aromatic carbocycles. The van der Waals surface area contributed by atoms with E-state index in [1.165, 1.54) is 6.92 Å². The molecule has 0 bridgehead atoms. The van der Waals surface area contributed by atoms with Gasteiger partial charge in [0.2, 0.25) is 11.8 Å². The van der Waals surface area contributed by atoms with Gasteiger partial charge in [-0.1, -0.05) is 77.4 Å². The Morgan fingerprint density at radius 2 is 1.61 bits per heavy atom. The average molecular weight is 459 g/mol. The number of carbonyl (C=O) groups is 2. The lowest BCUT2D eigenvalue weighted by Gasteiger charge is -2.20. The second-order valence-electron chi connectivity index (χ2n) is 6.49. The van der Waals surface area contributed by atoms with Crippen molar-refractivity contribution in [3.63, 3.8) is 0 Å². The smallest absolute Gasteiger partial charge is 0.360 e. The molecule has 1 heterocycles. The minimum absolute atomic E-state index is 0.0105. The number of nitrogens with zero attached hydrogens (tertiary/aromatic N) is 2. The van der Waals surface area contributed by atoms with E-state index in [-0.39, 0.29) is 10.0 Å². The summed E-state index contributed by atoms with van der Waals surface area (Å²) in [6.45, 7) is 3.11. The van der Waals surface area contributed by atoms with Crippen molar-refractivity contribution in [1.29, 1.82) is 0 Å². The number of rotatable bonds is 8. The fraction of sp³-hybridized carbons (Fsp3) is 0.182. The summed E-state index contributed by atoms with van der Waals surface area (Å²) in [4.78, 5) is 33.5. The van der Waals surface area contributed by atoms with Crippen LogP contribution in [0.25, 0.3) is 0 Å². The molecule has 0 saturated heterocycles. The molecule has 0 aliphatic carbocycles. The normalized spacial score (nSPS) is 12.5. The van der Waals surface area contributed by atoms with E-state index < -0.39 is 29.9 Å². The number of aliphatic carboxylic acids is 1. The first-order chi connectivity index (χ1) is 14.9. The molecular weight excluding hydrogens is 440 g/mol. The third kappa shape index (κ3) is 5.68. The van der Waals surface area contributed by atoms with Crippen molar-refractivity contribution < 1.29 is 24.3 Å². The molecule has 0 radical (unpaired) electrons. The Morgan fingerprint density at radius 1 is 1.06 bits per heavy atom. The van der Waals surface area contributed by atoms with Crippen LogP contribution in [0.15, 0.2) is 65.8 Å². The van der Waals surface area contributed by atoms with E-state index in [0.717, 1.165) is 22.5 Å². The van der Waals surface area contributed by atoms with E-state index in [2.05, 4.69) is 10.1 Å². The van der Waals surface area contributed by atoms with Gasteiger partial charge in [0.25, 0.3) is 0 Å². The molecule has 0 unspecified atom stereocenters. The third-order valence-corrected chi connectivity index (χ3v) is 5.36. The lowest BCUT2D eigenvalue weighted by atomic mass is 10.0. The van der Waals surface area contributed by atoms with Gasteiger partial charge in [-0.2, -0.15) is 0 Å². The highest BCUT2D eigenvalue weighted by atomic mass is 35.5. The van der Waals surface area contributed by atoms with E-state index in [1.807, 2.05) is 60.7 Å². The Labute approximate surface area is 187 Å². The second kappa shape index (κ2) is 10.2. The summed E-state index contributed by atoms with van der Waals surface area (Å²) in [7, 11) is 0. The maximum absolute atomic E-state index is 12.7. The van der Waals surface area contributed by atoms with Crippen LogP contribution in [-0.2, 0) is 19.2 Å². The van der Waals surface area contributed by atoms with E-state index >= 15 is 0 Å². The molecule has 0 spiro atoms. The number of hydrogen-bond donors (Lipinski definition) is 1. The number of aryl methyl sites for hydroxylation is 1. The number of benzene rings is 2. The Balaban J connectivity index is 1.78. The highest BCUT2D eigenvalue weighted by Crippen LogP contribution is 2.27. The van der Waals surface area contributed by atoms with Gasteiger partial charge in [-0.15, -0.1) is 11.3 Å². The van der Waals surface area contributed by atoms with Crippen molar-refractivity contribution in [2.24, 2.45) is 5.16 Å². The van der Waals surface area contributed by atoms with Crippen LogP contribution in [0.2, 0.25) is 4.34 Å². The first-order valence-corrected chi connectivity index (χ1v) is 10.5. The highest BCUT2D eigenvalue weighted by Gasteiger charge is 2.26. The summed E-state index contributed by atoms with van der Waals surface area (Å²) in [5.74, 6) is -2.08. The van der Waals surface area contributed by atoms with E-state index in [1.54, 1.807) is 6.92 Å². The molecular formula is C22H19ClN2O5S. The number of thiazole rings is 1. The van der Waals surface area contributed by atoms with Gasteiger partial charge in [0.1, 0.15) is 10.0 Å². The molecule has 7 nitrogen and oxygen atoms in total. The molecule has 0 aliphatic heterocycles. The summed E-state index contributed by atoms with van der Waals surface area (Å²) in [5, 5.41) is 13.6. The monoisotopic (exact) mass is 458 g/mol. The number of esters is 1. The minimum Gasteiger partial charge on any atom is -0.476 e. The van der Waals surface area contributed by atoms with Crippen molar-refractivity contribution in [2.45, 2.75) is 26.1 Å². The third-order valence-electron chi connectivity index (χ3n) is 4.19. The maximum Gasteiger partial charge on any atom is 0.360 e. The van der Waals surface area contributed by atoms with Crippen LogP contribution in [0.4, 0.5) is 0 Å². The average Bonchev–Trinajstić information content (AvgIpc) is 3.10. The number of hydrogen-bond acceptors (Lipinski definition) is 7. The van der Waals surface area contributed by atoms with E-state index in [9.17, 15) is 14.7 Å². The fourth-order valence-electron chi connectivity index (χ4n) is 2.70. The molecule has 0 amide bonds. The molecule has 31 heavy (non-hydrogen) atoms. The fourth-order valence-corrected chi connectivity index (χ4v) is 3.80. The molecule has 3 aromatic rings. The Morgan fingerprint density at radius 3 is 2.06 bits per heavy atom. The van der Waals surface area contributed by atoms with Gasteiger partial charge in [0.05, 0.1) is 5.01 Å². The predicted molar refractivity (Wildman–Crippen MR) is 117 cm³/mol. The molecule has 1 atom stereocenters. The molecule has 1 aromatic heterocycles. The van der Waals surface area contributed by atoms with Crippen molar-refractivity contribution in [3.8, 4) is 0 Å². The molecule has 0 saturated carbocycles. The van der Waals surface area contributed by atoms with Gasteiger partial charge in [-0.3, -0.25) is 0 Å². The molecule has 0 aliphatic rings. The standard InChI is InChI=1S/C22H19ClN2O5S/c1-13(30-25-18(21(26)27)17-20(23)31-14(2)24-17)22(28)29-19(15-9-5-3-6-10-15)16-11-7-4-8-12-16/h3-13,19H,1-2H3,(H,26,27)/b25-18-/t13-/m0/s1. The summed E-state index contributed by atoms with van der Waals surface area (Å²) in [6, 6.07) is 18.5. The number of carbonyl (C=O) groups excluding carboxylic acids is 1. The summed E-state index contributed by atoms with van der Waals surface area (Å²) >= 11 is 7.15. The Hall–Kier alpha value is -3.23. The zero-order valence-electron chi connectivity index (χ0n) is 16.7. The molecule has 0 fully saturated rings. The van der Waals surface area contributed by atoms with Crippen molar-refractivity contribution >= 4 is 40.6 Å². The van der Waals surface area contributed by atoms with Gasteiger partial charge in [0.15, 0.2) is 6.10 Å². The lowest BCUT2D eigenvalue weighted by molar-refractivity contribution is -0.160. The quantitative estimate of drug-likeness (QED) is 0.300. The van der Waals surface area contributed by atoms with Crippen LogP contribution in [0, 0.1) is 6.92 Å². The van der Waals surface area contributed by atoms with Gasteiger partial charge in [0, 0.05) is 0 Å². The van der Waals surface area contributed by atoms with Crippen LogP contribution in [0.3, 0.4) is 0 Å². The van der Waals surface area contributed by atoms with Crippen molar-refractivity contribution in [3.05, 3.63) is 86.8 Å². The van der Waals surface area contributed by atoms with Crippen LogP contribution in [0.5, 0.6) is 0 Å². The largest absolute Gasteiger partial charge is 0.476 e. The number of halogens is 1. The Kier molecular flexibility index (Phi) is 7.38. The SMILES string of the molecule is Cc1nc(/C(=N/O[C@@H](C)C(=O)OC(c2ccccc2)c2ccccc2)C(=O)O)c(Cl)s1. The number of carboxylic acids is 1. The van der Waals surface area contributed by atoms with Crippen molar-refractivity contribution in [2.75, 3.05) is 0 Å². The van der Waals surface area contributed by atoms with Crippen LogP contribution in [0.1, 0.15) is 34.9 Å². The van der Waals surface area contributed by atoms with Gasteiger partial charge in [-0.05, 0) is 25.0 Å². The molecule has 3 rings (SSSR count). The van der Waals surface area contributed by atoms with Crippen LogP contribution in [-0.4, -0.2) is 33.8 Å². The van der Waals surface area contributed by atoms with Gasteiger partial charge < -0.3 is 14.7 Å². The second-order valence-corrected chi connectivity index (χ2v) is 8.29. The Bertz CT molecular complexity index is 1050. The number of aromatic nitrogens is 1. The summed E-state index contributed by atoms with van der Waals surface area (Å²) < 4.78 is 5.86. The predicted octanol–water partition coefficient (Wildman–Crippen LogP) is 4.63. The van der Waals surface area contributed by atoms with E-state index in [0.29, 0.717) is 5.01 Å². The van der Waals surface area contributed by atoms with E-state index in [4.69, 9.17) is 21.2 Å². The first-order valence-electron chi connectivity index (χ1n) is 9.27. The zero-order valence-corrected chi connectivity index (χ0v) is 18.3. The maximum atomic E-state index is 12.7. The first kappa shape index (κ1) is 22.5. The van der Waals surface area contributed by atoms with Crippen LogP contribution >= 0.6 is 22.9 Å². The summed E-state index contributed by atoms with van der Waals surface area (Å²) in [6.07, 6.45) is -1.82. The molecule has 1 N–H and O–H groups in total. The minimum atomic E-state index is -1.38.